The first-order valence-electron chi connectivity index (χ1n) is 14.4. The molecule has 3 aliphatic rings. The fourth-order valence-electron chi connectivity index (χ4n) is 6.43. The minimum Gasteiger partial charge on any atom is -0.491 e. The number of carboxylic acids is 1. The summed E-state index contributed by atoms with van der Waals surface area (Å²) < 4.78 is 5.92. The van der Waals surface area contributed by atoms with E-state index in [1.807, 2.05) is 47.9 Å². The summed E-state index contributed by atoms with van der Waals surface area (Å²) >= 11 is 0. The van der Waals surface area contributed by atoms with Crippen LogP contribution in [-0.4, -0.2) is 64.0 Å². The van der Waals surface area contributed by atoms with Crippen molar-refractivity contribution in [3.05, 3.63) is 58.9 Å². The van der Waals surface area contributed by atoms with E-state index in [1.54, 1.807) is 0 Å². The molecule has 1 aliphatic carbocycles. The fourth-order valence-corrected chi connectivity index (χ4v) is 6.43. The van der Waals surface area contributed by atoms with Crippen molar-refractivity contribution in [1.82, 2.24) is 14.8 Å². The van der Waals surface area contributed by atoms with E-state index in [9.17, 15) is 14.7 Å². The molecule has 2 aliphatic heterocycles. The van der Waals surface area contributed by atoms with Crippen molar-refractivity contribution < 1.29 is 19.4 Å². The van der Waals surface area contributed by atoms with Crippen LogP contribution in [0.5, 0.6) is 5.75 Å². The van der Waals surface area contributed by atoms with Crippen LogP contribution in [-0.2, 0) is 28.9 Å². The molecular formula is C31H41N3O4. The molecule has 2 fully saturated rings. The number of carboxylic acid groups (broad SMARTS) is 1. The lowest BCUT2D eigenvalue weighted by Gasteiger charge is -2.34. The van der Waals surface area contributed by atoms with E-state index in [-0.39, 0.29) is 17.9 Å². The molecular weight excluding hydrogens is 478 g/mol. The zero-order valence-electron chi connectivity index (χ0n) is 22.8. The van der Waals surface area contributed by atoms with Crippen LogP contribution in [0.25, 0.3) is 0 Å². The van der Waals surface area contributed by atoms with Gasteiger partial charge in [0, 0.05) is 43.1 Å². The van der Waals surface area contributed by atoms with Crippen LogP contribution in [0.3, 0.4) is 0 Å². The zero-order valence-corrected chi connectivity index (χ0v) is 22.8. The van der Waals surface area contributed by atoms with Gasteiger partial charge in [0.2, 0.25) is 5.91 Å². The third kappa shape index (κ3) is 6.04. The number of carbonyl (C=O) groups is 2. The number of rotatable bonds is 8. The second kappa shape index (κ2) is 11.9. The Labute approximate surface area is 226 Å². The molecule has 38 heavy (non-hydrogen) atoms. The maximum Gasteiger partial charge on any atom is 0.325 e. The smallest absolute Gasteiger partial charge is 0.325 e. The number of aromatic nitrogens is 1. The van der Waals surface area contributed by atoms with E-state index in [1.165, 1.54) is 29.8 Å². The van der Waals surface area contributed by atoms with Gasteiger partial charge >= 0.3 is 5.97 Å². The number of nitrogens with zero attached hydrogens (tertiary/aromatic N) is 3. The number of para-hydroxylation sites is 1. The Morgan fingerprint density at radius 3 is 2.55 bits per heavy atom. The van der Waals surface area contributed by atoms with E-state index in [2.05, 4.69) is 12.1 Å². The summed E-state index contributed by atoms with van der Waals surface area (Å²) in [5.41, 5.74) is 4.57. The molecule has 2 aromatic rings. The van der Waals surface area contributed by atoms with Crippen molar-refractivity contribution in [2.75, 3.05) is 26.2 Å². The Kier molecular flexibility index (Phi) is 8.32. The Bertz CT molecular complexity index is 1140. The van der Waals surface area contributed by atoms with Crippen LogP contribution in [0, 0.1) is 11.8 Å². The SMILES string of the molecule is CC(C)Oc1ccccc1[C@H](C(=O)O)N1CC[C@@H](C(=O)N2CCC(Cc3ccc4c(n3)CCCC4)CC2)C1. The number of piperidine rings is 1. The Hall–Kier alpha value is -2.93. The minimum atomic E-state index is -0.908. The lowest BCUT2D eigenvalue weighted by atomic mass is 9.90. The summed E-state index contributed by atoms with van der Waals surface area (Å²) in [6, 6.07) is 11.0. The number of hydrogen-bond donors (Lipinski definition) is 1. The van der Waals surface area contributed by atoms with E-state index in [0.29, 0.717) is 36.7 Å². The first-order chi connectivity index (χ1) is 18.4. The number of ether oxygens (including phenoxy) is 1. The third-order valence-corrected chi connectivity index (χ3v) is 8.40. The van der Waals surface area contributed by atoms with E-state index in [4.69, 9.17) is 9.72 Å². The molecule has 1 aromatic carbocycles. The third-order valence-electron chi connectivity index (χ3n) is 8.40. The summed E-state index contributed by atoms with van der Waals surface area (Å²) in [6.07, 6.45) is 8.41. The van der Waals surface area contributed by atoms with Crippen molar-refractivity contribution in [2.45, 2.75) is 77.4 Å². The molecule has 0 bridgehead atoms. The number of pyridine rings is 1. The first-order valence-corrected chi connectivity index (χ1v) is 14.4. The van der Waals surface area contributed by atoms with Crippen molar-refractivity contribution in [3.8, 4) is 5.75 Å². The summed E-state index contributed by atoms with van der Waals surface area (Å²) in [7, 11) is 0. The van der Waals surface area contributed by atoms with Gasteiger partial charge in [-0.1, -0.05) is 24.3 Å². The monoisotopic (exact) mass is 519 g/mol. The number of aliphatic carboxylic acids is 1. The predicted molar refractivity (Wildman–Crippen MR) is 146 cm³/mol. The fraction of sp³-hybridized carbons (Fsp3) is 0.581. The molecule has 1 aromatic heterocycles. The number of likely N-dealkylation sites (tertiary alicyclic amines) is 2. The summed E-state index contributed by atoms with van der Waals surface area (Å²) in [5.74, 6) is 0.263. The van der Waals surface area contributed by atoms with Gasteiger partial charge in [-0.05, 0) is 88.8 Å². The molecule has 7 nitrogen and oxygen atoms in total. The lowest BCUT2D eigenvalue weighted by molar-refractivity contribution is -0.144. The molecule has 3 heterocycles. The second-order valence-electron chi connectivity index (χ2n) is 11.5. The van der Waals surface area contributed by atoms with Gasteiger partial charge in [-0.3, -0.25) is 19.5 Å². The molecule has 5 rings (SSSR count). The van der Waals surface area contributed by atoms with Crippen molar-refractivity contribution in [1.29, 1.82) is 0 Å². The van der Waals surface area contributed by atoms with E-state index in [0.717, 1.165) is 45.2 Å². The standard InChI is InChI=1S/C31H41N3O4/c1-21(2)38-28-10-6-4-8-26(28)29(31(36)37)34-18-15-24(20-34)30(35)33-16-13-22(14-17-33)19-25-12-11-23-7-3-5-9-27(23)32-25/h4,6,8,10-12,21-22,24,29H,3,5,7,9,13-20H2,1-2H3,(H,36,37)/t24-,29-/m1/s1. The first kappa shape index (κ1) is 26.7. The number of hydrogen-bond acceptors (Lipinski definition) is 5. The predicted octanol–water partition coefficient (Wildman–Crippen LogP) is 4.68. The molecule has 204 valence electrons. The van der Waals surface area contributed by atoms with Crippen LogP contribution in [0.4, 0.5) is 0 Å². The molecule has 0 radical (unpaired) electrons. The van der Waals surface area contributed by atoms with Gasteiger partial charge in [-0.2, -0.15) is 0 Å². The molecule has 1 amide bonds. The van der Waals surface area contributed by atoms with Gasteiger partial charge in [0.1, 0.15) is 11.8 Å². The van der Waals surface area contributed by atoms with E-state index < -0.39 is 12.0 Å². The largest absolute Gasteiger partial charge is 0.491 e. The second-order valence-corrected chi connectivity index (χ2v) is 11.5. The van der Waals surface area contributed by atoms with Gasteiger partial charge in [-0.25, -0.2) is 0 Å². The van der Waals surface area contributed by atoms with Crippen LogP contribution >= 0.6 is 0 Å². The topological polar surface area (TPSA) is 83.0 Å². The molecule has 0 unspecified atom stereocenters. The maximum atomic E-state index is 13.4. The van der Waals surface area contributed by atoms with Crippen molar-refractivity contribution in [3.63, 3.8) is 0 Å². The van der Waals surface area contributed by atoms with E-state index >= 15 is 0 Å². The zero-order chi connectivity index (χ0) is 26.6. The van der Waals surface area contributed by atoms with Crippen molar-refractivity contribution in [2.24, 2.45) is 11.8 Å². The number of amides is 1. The molecule has 2 saturated heterocycles. The number of aryl methyl sites for hydroxylation is 2. The van der Waals surface area contributed by atoms with Gasteiger partial charge < -0.3 is 14.7 Å². The minimum absolute atomic E-state index is 0.0514. The highest BCUT2D eigenvalue weighted by Gasteiger charge is 2.39. The highest BCUT2D eigenvalue weighted by atomic mass is 16.5. The quantitative estimate of drug-likeness (QED) is 0.546. The average Bonchev–Trinajstić information content (AvgIpc) is 3.39. The average molecular weight is 520 g/mol. The molecule has 2 atom stereocenters. The van der Waals surface area contributed by atoms with Crippen LogP contribution in [0.2, 0.25) is 0 Å². The Balaban J connectivity index is 1.16. The summed E-state index contributed by atoms with van der Waals surface area (Å²) in [5, 5.41) is 10.1. The molecule has 0 saturated carbocycles. The normalized spacial score (nSPS) is 21.3. The summed E-state index contributed by atoms with van der Waals surface area (Å²) in [6.45, 7) is 6.47. The van der Waals surface area contributed by atoms with Gasteiger partial charge in [-0.15, -0.1) is 0 Å². The number of fused-ring (bicyclic) bond motifs is 1. The van der Waals surface area contributed by atoms with Gasteiger partial charge in [0.25, 0.3) is 0 Å². The molecule has 1 N–H and O–H groups in total. The maximum absolute atomic E-state index is 13.4. The van der Waals surface area contributed by atoms with Gasteiger partial charge in [0.15, 0.2) is 0 Å². The Morgan fingerprint density at radius 2 is 1.79 bits per heavy atom. The molecule has 7 heteroatoms. The lowest BCUT2D eigenvalue weighted by Crippen LogP contribution is -2.43. The number of benzene rings is 1. The van der Waals surface area contributed by atoms with Crippen LogP contribution in [0.15, 0.2) is 36.4 Å². The highest BCUT2D eigenvalue weighted by molar-refractivity contribution is 5.80. The summed E-state index contributed by atoms with van der Waals surface area (Å²) in [4.78, 5) is 34.7. The molecule has 0 spiro atoms. The van der Waals surface area contributed by atoms with Crippen molar-refractivity contribution >= 4 is 11.9 Å². The van der Waals surface area contributed by atoms with Crippen LogP contribution in [0.1, 0.15) is 74.5 Å². The Morgan fingerprint density at radius 1 is 1.03 bits per heavy atom. The highest BCUT2D eigenvalue weighted by Crippen LogP contribution is 2.35. The van der Waals surface area contributed by atoms with Gasteiger partial charge in [0.05, 0.1) is 12.0 Å². The van der Waals surface area contributed by atoms with Crippen LogP contribution < -0.4 is 4.74 Å². The number of carbonyl (C=O) groups excluding carboxylic acids is 1.